The molecule has 0 fully saturated rings. The lowest BCUT2D eigenvalue weighted by Gasteiger charge is -2.03. The van der Waals surface area contributed by atoms with Crippen LogP contribution in [0.3, 0.4) is 0 Å². The highest BCUT2D eigenvalue weighted by atomic mass is 32.2. The summed E-state index contributed by atoms with van der Waals surface area (Å²) in [5.41, 5.74) is 2.26. The lowest BCUT2D eigenvalue weighted by atomic mass is 10.1. The maximum Gasteiger partial charge on any atom is 0.0540 e. The summed E-state index contributed by atoms with van der Waals surface area (Å²) in [5.74, 6) is 7.91. The summed E-state index contributed by atoms with van der Waals surface area (Å²) < 4.78 is 0. The Morgan fingerprint density at radius 2 is 1.94 bits per heavy atom. The highest BCUT2D eigenvalue weighted by molar-refractivity contribution is 7.98. The topological polar surface area (TPSA) is 40.5 Å². The first-order valence-electron chi connectivity index (χ1n) is 5.74. The van der Waals surface area contributed by atoms with Gasteiger partial charge < -0.3 is 10.2 Å². The lowest BCUT2D eigenvalue weighted by molar-refractivity contribution is 0.296. The third kappa shape index (κ3) is 5.78. The highest BCUT2D eigenvalue weighted by Crippen LogP contribution is 2.16. The molecule has 2 N–H and O–H groups in total. The average molecular weight is 250 g/mol. The predicted octanol–water partition coefficient (Wildman–Crippen LogP) is 2.04. The van der Waals surface area contributed by atoms with Crippen molar-refractivity contribution in [3.63, 3.8) is 0 Å². The van der Waals surface area contributed by atoms with E-state index in [2.05, 4.69) is 17.9 Å². The van der Waals surface area contributed by atoms with Crippen LogP contribution in [0.1, 0.15) is 24.0 Å². The summed E-state index contributed by atoms with van der Waals surface area (Å²) >= 11 is 1.81. The zero-order valence-electron chi connectivity index (χ0n) is 9.85. The van der Waals surface area contributed by atoms with Gasteiger partial charge in [0.2, 0.25) is 0 Å². The summed E-state index contributed by atoms with van der Waals surface area (Å²) in [5, 5.41) is 17.4. The fourth-order valence-electron chi connectivity index (χ4n) is 1.33. The Bertz CT molecular complexity index is 379. The molecule has 1 rings (SSSR count). The van der Waals surface area contributed by atoms with Gasteiger partial charge in [-0.3, -0.25) is 0 Å². The summed E-state index contributed by atoms with van der Waals surface area (Å²) in [4.78, 5) is 0. The molecule has 0 aliphatic rings. The first-order chi connectivity index (χ1) is 8.38. The maximum atomic E-state index is 8.70. The van der Waals surface area contributed by atoms with Gasteiger partial charge in [-0.2, -0.15) is 11.8 Å². The highest BCUT2D eigenvalue weighted by Gasteiger charge is 1.98. The van der Waals surface area contributed by atoms with Gasteiger partial charge in [0.25, 0.3) is 0 Å². The number of rotatable bonds is 6. The predicted molar refractivity (Wildman–Crippen MR) is 72.9 cm³/mol. The molecular weight excluding hydrogens is 232 g/mol. The summed E-state index contributed by atoms with van der Waals surface area (Å²) in [6, 6.07) is 8.07. The number of aliphatic hydroxyl groups excluding tert-OH is 2. The van der Waals surface area contributed by atoms with Gasteiger partial charge in [0, 0.05) is 24.3 Å². The van der Waals surface area contributed by atoms with E-state index in [0.29, 0.717) is 6.42 Å². The van der Waals surface area contributed by atoms with E-state index < -0.39 is 0 Å². The van der Waals surface area contributed by atoms with E-state index in [1.165, 1.54) is 5.56 Å². The molecule has 2 nitrogen and oxygen atoms in total. The second kappa shape index (κ2) is 9.12. The molecule has 0 radical (unpaired) electrons. The van der Waals surface area contributed by atoms with Crippen molar-refractivity contribution < 1.29 is 10.2 Å². The summed E-state index contributed by atoms with van der Waals surface area (Å²) in [6.07, 6.45) is 1.36. The van der Waals surface area contributed by atoms with Gasteiger partial charge in [0.1, 0.15) is 0 Å². The van der Waals surface area contributed by atoms with E-state index in [1.54, 1.807) is 0 Å². The Morgan fingerprint density at radius 1 is 1.12 bits per heavy atom. The van der Waals surface area contributed by atoms with E-state index in [9.17, 15) is 0 Å². The van der Waals surface area contributed by atoms with Gasteiger partial charge >= 0.3 is 0 Å². The minimum atomic E-state index is 0.112. The van der Waals surface area contributed by atoms with E-state index in [4.69, 9.17) is 10.2 Å². The van der Waals surface area contributed by atoms with Crippen molar-refractivity contribution in [3.05, 3.63) is 35.4 Å². The van der Waals surface area contributed by atoms with E-state index in [-0.39, 0.29) is 13.2 Å². The summed E-state index contributed by atoms with van der Waals surface area (Å²) in [7, 11) is 0. The molecule has 0 aromatic heterocycles. The third-order valence-corrected chi connectivity index (χ3v) is 3.27. The Kier molecular flexibility index (Phi) is 7.57. The van der Waals surface area contributed by atoms with Crippen molar-refractivity contribution in [2.45, 2.75) is 18.6 Å². The van der Waals surface area contributed by atoms with Crippen LogP contribution >= 0.6 is 11.8 Å². The van der Waals surface area contributed by atoms with Crippen LogP contribution in [0.4, 0.5) is 0 Å². The first-order valence-corrected chi connectivity index (χ1v) is 6.90. The van der Waals surface area contributed by atoms with Crippen LogP contribution < -0.4 is 0 Å². The van der Waals surface area contributed by atoms with Crippen molar-refractivity contribution in [1.29, 1.82) is 0 Å². The smallest absolute Gasteiger partial charge is 0.0540 e. The van der Waals surface area contributed by atoms with E-state index in [0.717, 1.165) is 23.5 Å². The fraction of sp³-hybridized carbons (Fsp3) is 0.429. The Hall–Kier alpha value is -0.950. The van der Waals surface area contributed by atoms with Gasteiger partial charge in [-0.15, -0.1) is 0 Å². The molecular formula is C14H18O2S. The van der Waals surface area contributed by atoms with Crippen LogP contribution in [0.2, 0.25) is 0 Å². The molecule has 0 bridgehead atoms. The lowest BCUT2D eigenvalue weighted by Crippen LogP contribution is -1.90. The number of hydrogen-bond donors (Lipinski definition) is 2. The van der Waals surface area contributed by atoms with Crippen molar-refractivity contribution in [1.82, 2.24) is 0 Å². The monoisotopic (exact) mass is 250 g/mol. The quantitative estimate of drug-likeness (QED) is 0.599. The first kappa shape index (κ1) is 14.1. The zero-order valence-corrected chi connectivity index (χ0v) is 10.7. The minimum Gasteiger partial charge on any atom is -0.396 e. The molecule has 0 saturated carbocycles. The molecule has 0 saturated heterocycles. The molecule has 17 heavy (non-hydrogen) atoms. The second-order valence-corrected chi connectivity index (χ2v) is 4.67. The van der Waals surface area contributed by atoms with Crippen LogP contribution in [0.5, 0.6) is 0 Å². The third-order valence-electron chi connectivity index (χ3n) is 2.18. The number of benzene rings is 1. The number of aliphatic hydroxyl groups is 2. The van der Waals surface area contributed by atoms with Crippen molar-refractivity contribution in [3.8, 4) is 11.8 Å². The van der Waals surface area contributed by atoms with Gasteiger partial charge in [-0.25, -0.2) is 0 Å². The minimum absolute atomic E-state index is 0.112. The number of thioether (sulfide) groups is 1. The van der Waals surface area contributed by atoms with Crippen molar-refractivity contribution in [2.24, 2.45) is 0 Å². The SMILES string of the molecule is OCCC#Cc1ccccc1CSCCCO. The van der Waals surface area contributed by atoms with Crippen LogP contribution in [-0.4, -0.2) is 29.2 Å². The molecule has 0 aliphatic heterocycles. The molecule has 1 aromatic rings. The van der Waals surface area contributed by atoms with Crippen molar-refractivity contribution in [2.75, 3.05) is 19.0 Å². The standard InChI is InChI=1S/C14H18O2S/c15-9-4-3-7-13-6-1-2-8-14(13)12-17-11-5-10-16/h1-2,6,8,15-16H,4-5,9-12H2. The molecule has 0 unspecified atom stereocenters. The van der Waals surface area contributed by atoms with E-state index in [1.807, 2.05) is 30.0 Å². The number of hydrogen-bond acceptors (Lipinski definition) is 3. The normalized spacial score (nSPS) is 9.76. The Labute approximate surface area is 107 Å². The average Bonchev–Trinajstić information content (AvgIpc) is 2.36. The fourth-order valence-corrected chi connectivity index (χ4v) is 2.28. The van der Waals surface area contributed by atoms with Crippen LogP contribution in [0.15, 0.2) is 24.3 Å². The zero-order chi connectivity index (χ0) is 12.3. The van der Waals surface area contributed by atoms with Gasteiger partial charge in [0.05, 0.1) is 6.61 Å². The molecule has 0 atom stereocenters. The largest absolute Gasteiger partial charge is 0.396 e. The molecule has 3 heteroatoms. The van der Waals surface area contributed by atoms with Gasteiger partial charge in [-0.1, -0.05) is 30.0 Å². The Morgan fingerprint density at radius 3 is 2.71 bits per heavy atom. The molecule has 92 valence electrons. The van der Waals surface area contributed by atoms with E-state index >= 15 is 0 Å². The molecule has 0 amide bonds. The van der Waals surface area contributed by atoms with Crippen molar-refractivity contribution >= 4 is 11.8 Å². The van der Waals surface area contributed by atoms with Gasteiger partial charge in [-0.05, 0) is 23.8 Å². The molecule has 0 spiro atoms. The van der Waals surface area contributed by atoms with Crippen LogP contribution in [0, 0.1) is 11.8 Å². The van der Waals surface area contributed by atoms with Gasteiger partial charge in [0.15, 0.2) is 0 Å². The summed E-state index contributed by atoms with van der Waals surface area (Å²) in [6.45, 7) is 0.366. The maximum absolute atomic E-state index is 8.70. The van der Waals surface area contributed by atoms with Crippen LogP contribution in [0.25, 0.3) is 0 Å². The molecule has 1 aromatic carbocycles. The second-order valence-electron chi connectivity index (χ2n) is 3.56. The molecule has 0 aliphatic carbocycles. The van der Waals surface area contributed by atoms with Crippen LogP contribution in [-0.2, 0) is 5.75 Å². The Balaban J connectivity index is 2.56. The molecule has 0 heterocycles.